The second-order valence-electron chi connectivity index (χ2n) is 6.42. The van der Waals surface area contributed by atoms with E-state index in [1.165, 1.54) is 11.0 Å². The van der Waals surface area contributed by atoms with Gasteiger partial charge in [0, 0.05) is 18.5 Å². The number of nitrogens with one attached hydrogen (secondary N) is 2. The molecule has 1 amide bonds. The van der Waals surface area contributed by atoms with Crippen molar-refractivity contribution in [2.24, 2.45) is 4.99 Å². The normalized spacial score (nSPS) is 13.5. The van der Waals surface area contributed by atoms with Crippen molar-refractivity contribution in [1.82, 2.24) is 13.6 Å². The highest BCUT2D eigenvalue weighted by Crippen LogP contribution is 2.30. The van der Waals surface area contributed by atoms with Crippen molar-refractivity contribution in [2.75, 3.05) is 19.4 Å². The Morgan fingerprint density at radius 3 is 2.79 bits per heavy atom. The van der Waals surface area contributed by atoms with Gasteiger partial charge in [0.15, 0.2) is 16.9 Å². The molecule has 3 N–H and O–H groups in total. The molecule has 2 atom stereocenters. The molecule has 9 nitrogen and oxygen atoms in total. The maximum atomic E-state index is 12.2. The molecule has 0 aliphatic rings. The Labute approximate surface area is 164 Å². The molecule has 0 fully saturated rings. The average Bonchev–Trinajstić information content (AvgIpc) is 3.21. The number of rotatable bonds is 5. The van der Waals surface area contributed by atoms with E-state index in [0.717, 1.165) is 5.76 Å². The summed E-state index contributed by atoms with van der Waals surface area (Å²) in [5.41, 5.74) is 0.658. The first-order chi connectivity index (χ1) is 13.3. The second kappa shape index (κ2) is 7.87. The van der Waals surface area contributed by atoms with E-state index in [4.69, 9.17) is 4.42 Å². The van der Waals surface area contributed by atoms with E-state index in [2.05, 4.69) is 19.1 Å². The fourth-order valence-electron chi connectivity index (χ4n) is 2.57. The number of aromatic amines is 1. The number of H-pyrrole nitrogens is 1. The molecule has 1 unspecified atom stereocenters. The first-order valence-electron chi connectivity index (χ1n) is 8.48. The van der Waals surface area contributed by atoms with Gasteiger partial charge in [0.25, 0.3) is 5.91 Å². The molecule has 3 aromatic rings. The molecule has 2 heterocycles. The maximum Gasteiger partial charge on any atom is 0.257 e. The van der Waals surface area contributed by atoms with E-state index >= 15 is 0 Å². The third-order valence-corrected chi connectivity index (χ3v) is 4.72. The Morgan fingerprint density at radius 1 is 1.39 bits per heavy atom. The molecule has 0 bridgehead atoms. The zero-order chi connectivity index (χ0) is 20.4. The molecule has 1 aromatic carbocycles. The summed E-state index contributed by atoms with van der Waals surface area (Å²) in [6.07, 6.45) is 0. The second-order valence-corrected chi connectivity index (χ2v) is 7.30. The number of phenolic OH excluding ortho intramolecular Hbond substituents is 1. The fraction of sp³-hybridized carbons (Fsp3) is 0.278. The van der Waals surface area contributed by atoms with E-state index in [1.807, 2.05) is 26.0 Å². The largest absolute Gasteiger partial charge is 0.548 e. The molecule has 2 aromatic heterocycles. The predicted molar refractivity (Wildman–Crippen MR) is 104 cm³/mol. The van der Waals surface area contributed by atoms with Crippen molar-refractivity contribution < 1.29 is 18.9 Å². The number of amides is 1. The smallest absolute Gasteiger partial charge is 0.257 e. The molecular formula is C18H21N5O4S. The van der Waals surface area contributed by atoms with Crippen molar-refractivity contribution in [3.05, 3.63) is 52.9 Å². The Balaban J connectivity index is 1.95. The Hall–Kier alpha value is -3.11. The number of anilines is 2. The van der Waals surface area contributed by atoms with Crippen LogP contribution in [0.3, 0.4) is 0 Å². The summed E-state index contributed by atoms with van der Waals surface area (Å²) < 4.78 is 24.1. The van der Waals surface area contributed by atoms with Crippen molar-refractivity contribution in [1.29, 1.82) is 0 Å². The third kappa shape index (κ3) is 4.07. The van der Waals surface area contributed by atoms with Crippen molar-refractivity contribution >= 4 is 28.6 Å². The first-order valence-corrected chi connectivity index (χ1v) is 9.59. The number of benzene rings is 1. The zero-order valence-electron chi connectivity index (χ0n) is 15.9. The minimum absolute atomic E-state index is 0.139. The number of aromatic hydroxyl groups is 1. The minimum Gasteiger partial charge on any atom is -0.548 e. The van der Waals surface area contributed by atoms with Gasteiger partial charge in [0.1, 0.15) is 17.6 Å². The first kappa shape index (κ1) is 19.6. The lowest BCUT2D eigenvalue weighted by molar-refractivity contribution is 0.0824. The van der Waals surface area contributed by atoms with Crippen LogP contribution in [0.25, 0.3) is 0 Å². The number of carbonyl (C=O) groups excluding carboxylic acids is 1. The van der Waals surface area contributed by atoms with Crippen molar-refractivity contribution in [2.45, 2.75) is 19.9 Å². The summed E-state index contributed by atoms with van der Waals surface area (Å²) in [6.45, 7) is 3.67. The number of carbonyl (C=O) groups is 1. The summed E-state index contributed by atoms with van der Waals surface area (Å²) in [6, 6.07) is 8.05. The lowest BCUT2D eigenvalue weighted by atomic mass is 10.1. The van der Waals surface area contributed by atoms with Gasteiger partial charge in [-0.15, -0.1) is 4.37 Å². The number of phenols is 1. The van der Waals surface area contributed by atoms with E-state index < -0.39 is 11.1 Å². The number of hydrogen-bond acceptors (Lipinski definition) is 7. The van der Waals surface area contributed by atoms with Gasteiger partial charge < -0.3 is 24.3 Å². The van der Waals surface area contributed by atoms with Gasteiger partial charge in [-0.25, -0.2) is 0 Å². The molecule has 148 valence electrons. The van der Waals surface area contributed by atoms with E-state index in [-0.39, 0.29) is 40.3 Å². The van der Waals surface area contributed by atoms with Crippen LogP contribution in [0.5, 0.6) is 5.75 Å². The van der Waals surface area contributed by atoms with Crippen LogP contribution in [-0.4, -0.2) is 43.3 Å². The molecular weight excluding hydrogens is 382 g/mol. The average molecular weight is 403 g/mol. The molecule has 0 aliphatic carbocycles. The molecule has 0 spiro atoms. The highest BCUT2D eigenvalue weighted by molar-refractivity contribution is 7.13. The van der Waals surface area contributed by atoms with E-state index in [0.29, 0.717) is 5.76 Å². The molecule has 0 aliphatic heterocycles. The Morgan fingerprint density at radius 2 is 2.14 bits per heavy atom. The number of furan rings is 1. The number of aryl methyl sites for hydroxylation is 1. The summed E-state index contributed by atoms with van der Waals surface area (Å²) in [5, 5.41) is 13.4. The summed E-state index contributed by atoms with van der Waals surface area (Å²) in [4.78, 5) is 18.0. The number of hydrogen-bond donors (Lipinski definition) is 3. The number of para-hydroxylation sites is 1. The predicted octanol–water partition coefficient (Wildman–Crippen LogP) is 2.85. The van der Waals surface area contributed by atoms with Crippen LogP contribution in [0.15, 0.2) is 39.7 Å². The van der Waals surface area contributed by atoms with Crippen LogP contribution >= 0.6 is 11.1 Å². The van der Waals surface area contributed by atoms with Crippen LogP contribution in [0.2, 0.25) is 0 Å². The van der Waals surface area contributed by atoms with E-state index in [1.54, 1.807) is 26.2 Å². The summed E-state index contributed by atoms with van der Waals surface area (Å²) >= 11 is -1.70. The van der Waals surface area contributed by atoms with Crippen LogP contribution < -0.4 is 10.8 Å². The number of nitrogens with zero attached hydrogens (tertiary/aromatic N) is 3. The van der Waals surface area contributed by atoms with Gasteiger partial charge in [0.2, 0.25) is 11.3 Å². The highest BCUT2D eigenvalue weighted by atomic mass is 32.2. The van der Waals surface area contributed by atoms with Crippen molar-refractivity contribution in [3.8, 4) is 5.75 Å². The molecule has 0 saturated carbocycles. The van der Waals surface area contributed by atoms with Gasteiger partial charge in [-0.2, -0.15) is 0 Å². The maximum absolute atomic E-state index is 12.2. The molecule has 28 heavy (non-hydrogen) atoms. The SMILES string of the molecule is Cc1ccc([C@@H](C)N=c2[nH][s+]([O-])nc2Nc2cccc(C(=O)N(C)C)c2O)o1. The Bertz CT molecular complexity index is 1070. The van der Waals surface area contributed by atoms with Crippen LogP contribution in [-0.2, 0) is 0 Å². The monoisotopic (exact) mass is 403 g/mol. The van der Waals surface area contributed by atoms with Gasteiger partial charge in [-0.05, 0) is 38.1 Å². The molecule has 3 rings (SSSR count). The highest BCUT2D eigenvalue weighted by Gasteiger charge is 2.18. The third-order valence-electron chi connectivity index (χ3n) is 4.00. The quantitative estimate of drug-likeness (QED) is 0.444. The minimum atomic E-state index is -1.70. The number of aromatic nitrogens is 2. The molecule has 10 heteroatoms. The lowest BCUT2D eigenvalue weighted by Gasteiger charge is -2.13. The van der Waals surface area contributed by atoms with Crippen LogP contribution in [0.4, 0.5) is 11.5 Å². The molecule has 0 radical (unpaired) electrons. The lowest BCUT2D eigenvalue weighted by Crippen LogP contribution is -2.22. The van der Waals surface area contributed by atoms with Crippen LogP contribution in [0.1, 0.15) is 34.8 Å². The fourth-order valence-corrected chi connectivity index (χ4v) is 3.23. The van der Waals surface area contributed by atoms with Crippen LogP contribution in [0, 0.1) is 6.92 Å². The van der Waals surface area contributed by atoms with Gasteiger partial charge >= 0.3 is 0 Å². The van der Waals surface area contributed by atoms with Gasteiger partial charge in [0.05, 0.1) is 11.3 Å². The van der Waals surface area contributed by atoms with E-state index in [9.17, 15) is 14.5 Å². The Kier molecular flexibility index (Phi) is 5.52. The summed E-state index contributed by atoms with van der Waals surface area (Å²) in [5.74, 6) is 1.05. The topological polar surface area (TPSA) is 130 Å². The molecule has 0 saturated heterocycles. The van der Waals surface area contributed by atoms with Crippen molar-refractivity contribution in [3.63, 3.8) is 0 Å². The standard InChI is InChI=1S/C18H21N5O4S/c1-10-8-9-14(27-10)11(2)19-16-17(22-28(26)21-16)20-13-7-5-6-12(15(13)24)18(25)23(3)4/h5-9,11,24H,1-4H3,(H,19,21)(H,20,22)/t11-,28?/m1/s1. The summed E-state index contributed by atoms with van der Waals surface area (Å²) in [7, 11) is 3.19. The van der Waals surface area contributed by atoms with Gasteiger partial charge in [-0.1, -0.05) is 6.07 Å². The van der Waals surface area contributed by atoms with Gasteiger partial charge in [-0.3, -0.25) is 9.79 Å². The zero-order valence-corrected chi connectivity index (χ0v) is 16.7.